The average Bonchev–Trinajstić information content (AvgIpc) is 2.17. The molecule has 0 saturated carbocycles. The van der Waals surface area contributed by atoms with Gasteiger partial charge in [0.05, 0.1) is 12.2 Å². The first kappa shape index (κ1) is 12.8. The Morgan fingerprint density at radius 3 is 2.69 bits per heavy atom. The molecule has 86 valence electrons. The number of hydrogen-bond donors (Lipinski definition) is 0. The largest absolute Gasteiger partial charge is 0.466 e. The van der Waals surface area contributed by atoms with E-state index in [9.17, 15) is 14.0 Å². The van der Waals surface area contributed by atoms with Crippen LogP contribution in [0.2, 0.25) is 0 Å². The number of esters is 1. The number of hydrogen-bond acceptors (Lipinski definition) is 3. The van der Waals surface area contributed by atoms with E-state index in [1.807, 2.05) is 0 Å². The Balaban J connectivity index is 2.77. The summed E-state index contributed by atoms with van der Waals surface area (Å²) < 4.78 is 18.5. The molecule has 3 nitrogen and oxygen atoms in total. The van der Waals surface area contributed by atoms with Crippen LogP contribution in [0.3, 0.4) is 0 Å². The molecule has 0 saturated heterocycles. The highest BCUT2D eigenvalue weighted by Crippen LogP contribution is 2.16. The van der Waals surface area contributed by atoms with Crippen LogP contribution in [0.25, 0.3) is 0 Å². The monoisotopic (exact) mass is 288 g/mol. The van der Waals surface area contributed by atoms with E-state index in [0.29, 0.717) is 4.47 Å². The molecule has 1 aromatic rings. The van der Waals surface area contributed by atoms with Gasteiger partial charge in [-0.05, 0) is 25.1 Å². The van der Waals surface area contributed by atoms with Crippen LogP contribution < -0.4 is 0 Å². The molecular weight excluding hydrogens is 279 g/mol. The van der Waals surface area contributed by atoms with Crippen LogP contribution in [-0.2, 0) is 9.53 Å². The minimum absolute atomic E-state index is 0.101. The van der Waals surface area contributed by atoms with Crippen molar-refractivity contribution in [1.29, 1.82) is 0 Å². The summed E-state index contributed by atoms with van der Waals surface area (Å²) in [4.78, 5) is 22.5. The fourth-order valence-electron chi connectivity index (χ4n) is 1.15. The molecule has 0 unspecified atom stereocenters. The van der Waals surface area contributed by atoms with Crippen LogP contribution >= 0.6 is 15.9 Å². The van der Waals surface area contributed by atoms with Crippen LogP contribution in [-0.4, -0.2) is 18.4 Å². The van der Waals surface area contributed by atoms with E-state index in [4.69, 9.17) is 0 Å². The van der Waals surface area contributed by atoms with Gasteiger partial charge in [-0.15, -0.1) is 0 Å². The molecule has 16 heavy (non-hydrogen) atoms. The van der Waals surface area contributed by atoms with Crippen molar-refractivity contribution in [3.05, 3.63) is 34.1 Å². The van der Waals surface area contributed by atoms with Crippen molar-refractivity contribution in [2.24, 2.45) is 0 Å². The van der Waals surface area contributed by atoms with E-state index in [1.165, 1.54) is 12.1 Å². The van der Waals surface area contributed by atoms with E-state index >= 15 is 0 Å². The van der Waals surface area contributed by atoms with Gasteiger partial charge in [-0.25, -0.2) is 4.39 Å². The number of ether oxygens (including phenoxy) is 1. The zero-order valence-electron chi connectivity index (χ0n) is 8.63. The van der Waals surface area contributed by atoms with Crippen molar-refractivity contribution in [1.82, 2.24) is 0 Å². The third-order valence-electron chi connectivity index (χ3n) is 1.84. The normalized spacial score (nSPS) is 9.94. The quantitative estimate of drug-likeness (QED) is 0.486. The standard InChI is InChI=1S/C11H10BrFO3/c1-2-16-11(15)6-10(14)8-4-3-7(12)5-9(8)13/h3-5H,2,6H2,1H3. The van der Waals surface area contributed by atoms with E-state index in [2.05, 4.69) is 20.7 Å². The molecule has 0 fully saturated rings. The van der Waals surface area contributed by atoms with Crippen LogP contribution in [0, 0.1) is 5.82 Å². The highest BCUT2D eigenvalue weighted by atomic mass is 79.9. The molecule has 0 aliphatic heterocycles. The number of rotatable bonds is 4. The fraction of sp³-hybridized carbons (Fsp3) is 0.273. The van der Waals surface area contributed by atoms with Gasteiger partial charge < -0.3 is 4.74 Å². The number of carbonyl (C=O) groups is 2. The van der Waals surface area contributed by atoms with Gasteiger partial charge >= 0.3 is 5.97 Å². The van der Waals surface area contributed by atoms with Gasteiger partial charge in [0.2, 0.25) is 0 Å². The molecule has 0 N–H and O–H groups in total. The molecule has 0 spiro atoms. The minimum Gasteiger partial charge on any atom is -0.466 e. The lowest BCUT2D eigenvalue weighted by atomic mass is 10.1. The summed E-state index contributed by atoms with van der Waals surface area (Å²) in [6.07, 6.45) is -0.438. The predicted molar refractivity (Wildman–Crippen MR) is 59.7 cm³/mol. The molecule has 0 radical (unpaired) electrons. The molecule has 1 rings (SSSR count). The van der Waals surface area contributed by atoms with Crippen molar-refractivity contribution < 1.29 is 18.7 Å². The third-order valence-corrected chi connectivity index (χ3v) is 2.34. The number of carbonyl (C=O) groups excluding carboxylic acids is 2. The number of halogens is 2. The second kappa shape index (κ2) is 5.75. The molecule has 0 aromatic heterocycles. The Kier molecular flexibility index (Phi) is 4.61. The van der Waals surface area contributed by atoms with Crippen molar-refractivity contribution in [2.75, 3.05) is 6.61 Å². The van der Waals surface area contributed by atoms with E-state index < -0.39 is 24.0 Å². The Labute approximate surface area is 101 Å². The molecule has 0 heterocycles. The third kappa shape index (κ3) is 3.41. The lowest BCUT2D eigenvalue weighted by Crippen LogP contribution is -2.12. The maximum Gasteiger partial charge on any atom is 0.313 e. The SMILES string of the molecule is CCOC(=O)CC(=O)c1ccc(Br)cc1F. The zero-order valence-corrected chi connectivity index (χ0v) is 10.2. The molecule has 0 atom stereocenters. The van der Waals surface area contributed by atoms with Crippen LogP contribution in [0.15, 0.2) is 22.7 Å². The maximum atomic E-state index is 13.3. The van der Waals surface area contributed by atoms with Gasteiger partial charge in [0.15, 0.2) is 5.78 Å². The zero-order chi connectivity index (χ0) is 12.1. The lowest BCUT2D eigenvalue weighted by molar-refractivity contribution is -0.141. The summed E-state index contributed by atoms with van der Waals surface area (Å²) in [6, 6.07) is 4.06. The first-order valence-electron chi connectivity index (χ1n) is 4.68. The molecular formula is C11H10BrFO3. The summed E-state index contributed by atoms with van der Waals surface area (Å²) >= 11 is 3.08. The second-order valence-corrected chi connectivity index (χ2v) is 3.94. The summed E-state index contributed by atoms with van der Waals surface area (Å²) in [5.41, 5.74) is -0.101. The predicted octanol–water partition coefficient (Wildman–Crippen LogP) is 2.72. The fourth-order valence-corrected chi connectivity index (χ4v) is 1.49. The van der Waals surface area contributed by atoms with Crippen molar-refractivity contribution in [2.45, 2.75) is 13.3 Å². The van der Waals surface area contributed by atoms with Crippen LogP contribution in [0.5, 0.6) is 0 Å². The number of ketones is 1. The smallest absolute Gasteiger partial charge is 0.313 e. The number of Topliss-reactive ketones (excluding diaryl/α,β-unsaturated/α-hetero) is 1. The first-order valence-corrected chi connectivity index (χ1v) is 5.47. The summed E-state index contributed by atoms with van der Waals surface area (Å²) in [5, 5.41) is 0. The maximum absolute atomic E-state index is 13.3. The summed E-state index contributed by atoms with van der Waals surface area (Å²) in [5.74, 6) is -1.87. The summed E-state index contributed by atoms with van der Waals surface area (Å²) in [7, 11) is 0. The lowest BCUT2D eigenvalue weighted by Gasteiger charge is -2.03. The van der Waals surface area contributed by atoms with Gasteiger partial charge in [0.25, 0.3) is 0 Å². The Bertz CT molecular complexity index is 418. The van der Waals surface area contributed by atoms with Gasteiger partial charge in [-0.2, -0.15) is 0 Å². The van der Waals surface area contributed by atoms with Crippen LogP contribution in [0.4, 0.5) is 4.39 Å². The molecule has 0 amide bonds. The minimum atomic E-state index is -0.649. The first-order chi connectivity index (χ1) is 7.54. The Morgan fingerprint density at radius 2 is 2.12 bits per heavy atom. The Hall–Kier alpha value is -1.23. The highest BCUT2D eigenvalue weighted by Gasteiger charge is 2.16. The van der Waals surface area contributed by atoms with Crippen LogP contribution in [0.1, 0.15) is 23.7 Å². The van der Waals surface area contributed by atoms with Gasteiger partial charge in [0.1, 0.15) is 12.2 Å². The number of benzene rings is 1. The van der Waals surface area contributed by atoms with Gasteiger partial charge in [-0.3, -0.25) is 9.59 Å². The molecule has 1 aromatic carbocycles. The van der Waals surface area contributed by atoms with Crippen molar-refractivity contribution >= 4 is 27.7 Å². The van der Waals surface area contributed by atoms with E-state index in [0.717, 1.165) is 0 Å². The second-order valence-electron chi connectivity index (χ2n) is 3.03. The van der Waals surface area contributed by atoms with Crippen molar-refractivity contribution in [3.63, 3.8) is 0 Å². The topological polar surface area (TPSA) is 43.4 Å². The molecule has 0 aliphatic carbocycles. The molecule has 0 aliphatic rings. The average molecular weight is 289 g/mol. The van der Waals surface area contributed by atoms with Gasteiger partial charge in [0, 0.05) is 4.47 Å². The molecule has 5 heteroatoms. The summed E-state index contributed by atoms with van der Waals surface area (Å²) in [6.45, 7) is 1.84. The van der Waals surface area contributed by atoms with E-state index in [-0.39, 0.29) is 12.2 Å². The highest BCUT2D eigenvalue weighted by molar-refractivity contribution is 9.10. The van der Waals surface area contributed by atoms with E-state index in [1.54, 1.807) is 13.0 Å². The molecule has 0 bridgehead atoms. The van der Waals surface area contributed by atoms with Gasteiger partial charge in [-0.1, -0.05) is 15.9 Å². The van der Waals surface area contributed by atoms with Crippen molar-refractivity contribution in [3.8, 4) is 0 Å². The Morgan fingerprint density at radius 1 is 1.44 bits per heavy atom.